The minimum Gasteiger partial charge on any atom is -0.207 e. The average Bonchev–Trinajstić information content (AvgIpc) is 3.01. The molecule has 0 aliphatic rings. The highest BCUT2D eigenvalue weighted by Crippen LogP contribution is 2.23. The Morgan fingerprint density at radius 3 is 0.775 bits per heavy atom. The minimum absolute atomic E-state index is 0.274. The Morgan fingerprint density at radius 1 is 0.275 bits per heavy atom. The molecule has 0 radical (unpaired) electrons. The molecule has 6 aromatic carbocycles. The highest BCUT2D eigenvalue weighted by molar-refractivity contribution is 7.67. The fourth-order valence-corrected chi connectivity index (χ4v) is 26.0. The third kappa shape index (κ3) is 4.17. The maximum Gasteiger partial charge on any atom is 0.154 e. The summed E-state index contributed by atoms with van der Waals surface area (Å²) in [6.45, 7) is 0. The molecule has 0 nitrogen and oxygen atoms in total. The van der Waals surface area contributed by atoms with Crippen molar-refractivity contribution in [1.29, 1.82) is 0 Å². The van der Waals surface area contributed by atoms with Crippen LogP contribution in [0.4, 0.5) is 8.78 Å². The van der Waals surface area contributed by atoms with E-state index in [1.54, 1.807) is 12.1 Å². The van der Waals surface area contributed by atoms with Crippen LogP contribution in [0.2, 0.25) is 0 Å². The first kappa shape index (κ1) is 25.9. The Kier molecular flexibility index (Phi) is 7.12. The van der Waals surface area contributed by atoms with E-state index in [1.807, 2.05) is 36.4 Å². The van der Waals surface area contributed by atoms with Gasteiger partial charge in [-0.1, -0.05) is 166 Å². The van der Waals surface area contributed by atoms with Crippen molar-refractivity contribution in [2.24, 2.45) is 0 Å². The molecule has 0 aliphatic carbocycles. The van der Waals surface area contributed by atoms with Crippen LogP contribution in [-0.2, 0) is 0 Å². The Labute approximate surface area is 236 Å². The fraction of sp³-hybridized carbons (Fsp3) is 0. The van der Waals surface area contributed by atoms with Crippen LogP contribution in [0.1, 0.15) is 0 Å². The van der Waals surface area contributed by atoms with E-state index < -0.39 is 15.2 Å². The van der Waals surface area contributed by atoms with Crippen LogP contribution < -0.4 is 31.1 Å². The van der Waals surface area contributed by atoms with E-state index in [-0.39, 0.29) is 11.6 Å². The van der Waals surface area contributed by atoms with Crippen molar-refractivity contribution < 1.29 is 8.78 Å². The zero-order chi connectivity index (χ0) is 27.4. The molecule has 6 rings (SSSR count). The van der Waals surface area contributed by atoms with Crippen LogP contribution in [-0.4, -0.2) is 15.2 Å². The molecule has 194 valence electrons. The van der Waals surface area contributed by atoms with Crippen LogP contribution >= 0.6 is 0 Å². The van der Waals surface area contributed by atoms with Gasteiger partial charge in [-0.3, -0.25) is 0 Å². The Hall–Kier alpha value is -4.39. The maximum atomic E-state index is 15.4. The monoisotopic (exact) mass is 554 g/mol. The lowest BCUT2D eigenvalue weighted by Crippen LogP contribution is -2.94. The molecule has 0 amide bonds. The second-order valence-electron chi connectivity index (χ2n) is 9.98. The molecule has 0 saturated carbocycles. The van der Waals surface area contributed by atoms with E-state index in [0.717, 1.165) is 31.1 Å². The number of rotatable bonds is 7. The maximum absolute atomic E-state index is 15.4. The molecule has 0 aliphatic heterocycles. The van der Waals surface area contributed by atoms with Gasteiger partial charge in [-0.2, -0.15) is 0 Å². The first-order valence-corrected chi connectivity index (χ1v) is 18.4. The summed E-state index contributed by atoms with van der Waals surface area (Å²) in [6.07, 6.45) is 0. The lowest BCUT2D eigenvalue weighted by atomic mass is 10.3. The van der Waals surface area contributed by atoms with Crippen LogP contribution in [0.15, 0.2) is 170 Å². The molecule has 0 bridgehead atoms. The smallest absolute Gasteiger partial charge is 0.154 e. The molecule has 0 spiro atoms. The summed E-state index contributed by atoms with van der Waals surface area (Å²) in [5.74, 6) is -0.547. The number of halogens is 2. The predicted octanol–water partition coefficient (Wildman–Crippen LogP) is 4.68. The molecule has 6 aromatic rings. The normalized spacial score (nSPS) is 11.8. The van der Waals surface area contributed by atoms with Gasteiger partial charge in [0.1, 0.15) is 11.6 Å². The molecule has 0 heterocycles. The van der Waals surface area contributed by atoms with E-state index in [4.69, 9.17) is 0 Å². The molecule has 40 heavy (non-hydrogen) atoms. The van der Waals surface area contributed by atoms with E-state index in [0.29, 0.717) is 0 Å². The number of hydrogen-bond acceptors (Lipinski definition) is 0. The van der Waals surface area contributed by atoms with Gasteiger partial charge in [-0.05, 0) is 34.6 Å². The fourth-order valence-electron chi connectivity index (χ4n) is 6.50. The minimum atomic E-state index is -3.25. The third-order valence-corrected chi connectivity index (χ3v) is 24.8. The van der Waals surface area contributed by atoms with Gasteiger partial charge in [-0.15, -0.1) is 0 Å². The van der Waals surface area contributed by atoms with Gasteiger partial charge in [0, 0.05) is 0 Å². The van der Waals surface area contributed by atoms with Crippen molar-refractivity contribution in [3.8, 4) is 0 Å². The number of hydrogen-bond donors (Lipinski definition) is 0. The van der Waals surface area contributed by atoms with Crippen LogP contribution in [0.25, 0.3) is 0 Å². The molecule has 0 aromatic heterocycles. The molecule has 0 N–H and O–H groups in total. The summed E-state index contributed by atoms with van der Waals surface area (Å²) in [5, 5.41) is 6.58. The highest BCUT2D eigenvalue weighted by atomic mass is 29.3. The molecule has 0 saturated heterocycles. The molecule has 4 heteroatoms. The third-order valence-electron chi connectivity index (χ3n) is 7.90. The highest BCUT2D eigenvalue weighted by Gasteiger charge is 2.61. The van der Waals surface area contributed by atoms with Crippen molar-refractivity contribution in [2.45, 2.75) is 0 Å². The van der Waals surface area contributed by atoms with Gasteiger partial charge in [0.05, 0.1) is 0 Å². The standard InChI is InChI=1S/C36H28F2Si2/c37-29-15-13-25-35(27-29)39(31-17-5-1-6-18-31,32-19-7-2-8-20-32)40(33-21-9-3-10-22-33,34-23-11-4-12-24-34)36-26-14-16-30(38)28-36/h1-28H. The summed E-state index contributed by atoms with van der Waals surface area (Å²) in [4.78, 5) is 0. The van der Waals surface area contributed by atoms with Gasteiger partial charge in [0.15, 0.2) is 15.2 Å². The molecular formula is C36H28F2Si2. The number of benzene rings is 6. The van der Waals surface area contributed by atoms with Crippen molar-refractivity contribution in [2.75, 3.05) is 0 Å². The molecule has 0 unspecified atom stereocenters. The van der Waals surface area contributed by atoms with Crippen LogP contribution in [0.3, 0.4) is 0 Å². The van der Waals surface area contributed by atoms with E-state index in [9.17, 15) is 0 Å². The van der Waals surface area contributed by atoms with Gasteiger partial charge >= 0.3 is 0 Å². The summed E-state index contributed by atoms with van der Waals surface area (Å²) in [7, 11) is -6.50. The van der Waals surface area contributed by atoms with Gasteiger partial charge in [0.2, 0.25) is 0 Å². The van der Waals surface area contributed by atoms with Gasteiger partial charge in [0.25, 0.3) is 0 Å². The Morgan fingerprint density at radius 2 is 0.525 bits per heavy atom. The van der Waals surface area contributed by atoms with Crippen molar-refractivity contribution in [1.82, 2.24) is 0 Å². The quantitative estimate of drug-likeness (QED) is 0.199. The largest absolute Gasteiger partial charge is 0.207 e. The van der Waals surface area contributed by atoms with E-state index in [2.05, 4.69) is 109 Å². The topological polar surface area (TPSA) is 0 Å². The SMILES string of the molecule is Fc1cccc([Si](c2ccccc2)(c2ccccc2)[Si](c2ccccc2)(c2ccccc2)c2cccc(F)c2)c1. The Bertz CT molecular complexity index is 1500. The lowest BCUT2D eigenvalue weighted by Gasteiger charge is -2.50. The van der Waals surface area contributed by atoms with Crippen LogP contribution in [0.5, 0.6) is 0 Å². The molecule has 0 atom stereocenters. The predicted molar refractivity (Wildman–Crippen MR) is 168 cm³/mol. The second kappa shape index (κ2) is 11.0. The summed E-state index contributed by atoms with van der Waals surface area (Å²) in [5.41, 5.74) is 0. The first-order chi connectivity index (χ1) is 19.7. The van der Waals surface area contributed by atoms with Gasteiger partial charge < -0.3 is 0 Å². The van der Waals surface area contributed by atoms with Crippen molar-refractivity contribution >= 4 is 46.3 Å². The van der Waals surface area contributed by atoms with Crippen molar-refractivity contribution in [3.63, 3.8) is 0 Å². The van der Waals surface area contributed by atoms with Crippen molar-refractivity contribution in [3.05, 3.63) is 181 Å². The lowest BCUT2D eigenvalue weighted by molar-refractivity contribution is 0.628. The van der Waals surface area contributed by atoms with Gasteiger partial charge in [-0.25, -0.2) is 8.78 Å². The molecule has 0 fully saturated rings. The Balaban J connectivity index is 1.95. The zero-order valence-electron chi connectivity index (χ0n) is 21.9. The second-order valence-corrected chi connectivity index (χ2v) is 20.9. The van der Waals surface area contributed by atoms with E-state index >= 15 is 8.78 Å². The first-order valence-electron chi connectivity index (χ1n) is 13.4. The van der Waals surface area contributed by atoms with Crippen LogP contribution in [0, 0.1) is 11.6 Å². The molecular weight excluding hydrogens is 527 g/mol. The van der Waals surface area contributed by atoms with E-state index in [1.165, 1.54) is 12.1 Å². The summed E-state index contributed by atoms with van der Waals surface area (Å²) < 4.78 is 30.7. The summed E-state index contributed by atoms with van der Waals surface area (Å²) >= 11 is 0. The summed E-state index contributed by atoms with van der Waals surface area (Å²) in [6, 6.07) is 56.5. The zero-order valence-corrected chi connectivity index (χ0v) is 23.9. The average molecular weight is 555 g/mol.